The Labute approximate surface area is 338 Å². The van der Waals surface area contributed by atoms with E-state index in [1.165, 1.54) is 77.0 Å². The summed E-state index contributed by atoms with van der Waals surface area (Å²) in [6.07, 6.45) is 35.7. The number of rotatable bonds is 38. The average molecular weight is 776 g/mol. The predicted molar refractivity (Wildman–Crippen MR) is 229 cm³/mol. The van der Waals surface area contributed by atoms with Gasteiger partial charge < -0.3 is 24.2 Å². The summed E-state index contributed by atoms with van der Waals surface area (Å²) in [5.74, 6) is -2.53. The van der Waals surface area contributed by atoms with Crippen LogP contribution in [0.4, 0.5) is 4.79 Å². The van der Waals surface area contributed by atoms with E-state index in [2.05, 4.69) is 50.0 Å². The minimum atomic E-state index is -1.02. The van der Waals surface area contributed by atoms with Gasteiger partial charge in [0.15, 0.2) is 0 Å². The summed E-state index contributed by atoms with van der Waals surface area (Å²) in [5, 5.41) is 10.3. The number of carbonyl (C=O) groups excluding carboxylic acids is 2. The molecule has 0 amide bonds. The first-order valence-electron chi connectivity index (χ1n) is 22.5. The molecule has 1 N–H and O–H groups in total. The number of esters is 1. The van der Waals surface area contributed by atoms with Crippen molar-refractivity contribution < 1.29 is 33.7 Å². The number of ether oxygens (including phenoxy) is 3. The van der Waals surface area contributed by atoms with Gasteiger partial charge in [0, 0.05) is 6.08 Å². The number of allylic oxidation sites excluding steroid dienone is 5. The molecule has 320 valence electrons. The summed E-state index contributed by atoms with van der Waals surface area (Å²) in [6.45, 7) is 9.80. The lowest BCUT2D eigenvalue weighted by Gasteiger charge is -2.26. The summed E-state index contributed by atoms with van der Waals surface area (Å²) in [4.78, 5) is 40.4. The molecule has 3 unspecified atom stereocenters. The number of nitrogens with zero attached hydrogens (tertiary/aromatic N) is 1. The first-order chi connectivity index (χ1) is 26.6. The van der Waals surface area contributed by atoms with E-state index < -0.39 is 24.1 Å². The van der Waals surface area contributed by atoms with Gasteiger partial charge in [-0.15, -0.1) is 0 Å². The second-order valence-electron chi connectivity index (χ2n) is 16.0. The molecule has 0 radical (unpaired) electrons. The third-order valence-corrected chi connectivity index (χ3v) is 10.1. The van der Waals surface area contributed by atoms with Crippen molar-refractivity contribution in [2.75, 3.05) is 33.9 Å². The van der Waals surface area contributed by atoms with Crippen LogP contribution in [0.25, 0.3) is 0 Å². The maximum Gasteiger partial charge on any atom is 0.508 e. The van der Waals surface area contributed by atoms with E-state index in [4.69, 9.17) is 14.2 Å². The molecule has 55 heavy (non-hydrogen) atoms. The summed E-state index contributed by atoms with van der Waals surface area (Å²) in [6, 6.07) is 0. The van der Waals surface area contributed by atoms with Crippen molar-refractivity contribution in [3.63, 3.8) is 0 Å². The van der Waals surface area contributed by atoms with Crippen molar-refractivity contribution >= 4 is 18.1 Å². The molecule has 0 bridgehead atoms. The molecular formula is C47H85NO7. The monoisotopic (exact) mass is 776 g/mol. The molecule has 0 saturated heterocycles. The van der Waals surface area contributed by atoms with Crippen LogP contribution in [0.15, 0.2) is 36.0 Å². The highest BCUT2D eigenvalue weighted by molar-refractivity contribution is 5.82. The van der Waals surface area contributed by atoms with Gasteiger partial charge >= 0.3 is 18.1 Å². The quantitative estimate of drug-likeness (QED) is 0.0286. The van der Waals surface area contributed by atoms with Crippen LogP contribution in [0.5, 0.6) is 0 Å². The van der Waals surface area contributed by atoms with E-state index in [0.717, 1.165) is 82.7 Å². The predicted octanol–water partition coefficient (Wildman–Crippen LogP) is 13.2. The van der Waals surface area contributed by atoms with E-state index in [-0.39, 0.29) is 31.5 Å². The summed E-state index contributed by atoms with van der Waals surface area (Å²) < 4.78 is 16.8. The third kappa shape index (κ3) is 34.4. The van der Waals surface area contributed by atoms with Gasteiger partial charge in [0.2, 0.25) is 0 Å². The second kappa shape index (κ2) is 38.3. The maximum absolute atomic E-state index is 13.0. The largest absolute Gasteiger partial charge is 0.508 e. The van der Waals surface area contributed by atoms with E-state index >= 15 is 0 Å². The van der Waals surface area contributed by atoms with E-state index in [9.17, 15) is 19.5 Å². The summed E-state index contributed by atoms with van der Waals surface area (Å²) in [5.41, 5.74) is 1.16. The van der Waals surface area contributed by atoms with Crippen LogP contribution in [0, 0.1) is 11.8 Å². The Morgan fingerprint density at radius 2 is 1.20 bits per heavy atom. The minimum Gasteiger partial charge on any atom is -0.481 e. The van der Waals surface area contributed by atoms with Gasteiger partial charge in [0.05, 0.1) is 19.1 Å². The topological polar surface area (TPSA) is 102 Å². The number of carboxylic acids is 1. The smallest absolute Gasteiger partial charge is 0.481 e. The van der Waals surface area contributed by atoms with Crippen molar-refractivity contribution in [3.8, 4) is 0 Å². The highest BCUT2D eigenvalue weighted by Crippen LogP contribution is 2.25. The van der Waals surface area contributed by atoms with Gasteiger partial charge in [0.1, 0.15) is 6.10 Å². The zero-order valence-electron chi connectivity index (χ0n) is 36.5. The average Bonchev–Trinajstić information content (AvgIpc) is 3.15. The van der Waals surface area contributed by atoms with Gasteiger partial charge in [-0.25, -0.2) is 9.59 Å². The molecule has 0 aromatic rings. The van der Waals surface area contributed by atoms with Crippen molar-refractivity contribution in [2.45, 2.75) is 201 Å². The molecule has 8 nitrogen and oxygen atoms in total. The number of hydrogen-bond acceptors (Lipinski definition) is 7. The molecule has 0 aliphatic heterocycles. The van der Waals surface area contributed by atoms with Gasteiger partial charge in [-0.3, -0.25) is 4.79 Å². The third-order valence-electron chi connectivity index (χ3n) is 10.1. The van der Waals surface area contributed by atoms with Crippen LogP contribution >= 0.6 is 0 Å². The van der Waals surface area contributed by atoms with Crippen molar-refractivity contribution in [3.05, 3.63) is 36.0 Å². The number of aliphatic carboxylic acids is 1. The molecule has 8 heteroatoms. The number of carboxylic acid groups (broad SMARTS) is 1. The Morgan fingerprint density at radius 3 is 1.78 bits per heavy atom. The van der Waals surface area contributed by atoms with E-state index in [0.29, 0.717) is 12.8 Å². The van der Waals surface area contributed by atoms with E-state index in [1.807, 2.05) is 21.0 Å². The molecule has 0 aromatic carbocycles. The Morgan fingerprint density at radius 1 is 0.655 bits per heavy atom. The fourth-order valence-corrected chi connectivity index (χ4v) is 6.69. The Balaban J connectivity index is 5.27. The van der Waals surface area contributed by atoms with Crippen LogP contribution in [-0.4, -0.2) is 68.1 Å². The Bertz CT molecular complexity index is 1020. The normalized spacial score (nSPS) is 13.8. The zero-order chi connectivity index (χ0) is 40.8. The highest BCUT2D eigenvalue weighted by atomic mass is 16.7. The Hall–Kier alpha value is -2.61. The summed E-state index contributed by atoms with van der Waals surface area (Å²) in [7, 11) is 4.00. The van der Waals surface area contributed by atoms with Crippen LogP contribution in [0.2, 0.25) is 0 Å². The lowest BCUT2D eigenvalue weighted by Crippen LogP contribution is -2.35. The molecule has 0 spiro atoms. The van der Waals surface area contributed by atoms with Gasteiger partial charge in [0.25, 0.3) is 0 Å². The first-order valence-corrected chi connectivity index (χ1v) is 22.5. The number of unbranched alkanes of at least 4 members (excludes halogenated alkanes) is 16. The molecule has 0 heterocycles. The zero-order valence-corrected chi connectivity index (χ0v) is 36.5. The molecule has 0 aliphatic carbocycles. The maximum atomic E-state index is 13.0. The van der Waals surface area contributed by atoms with Crippen LogP contribution < -0.4 is 0 Å². The standard InChI is InChI=1S/C47H85NO7/c1-7-10-13-16-18-19-20-21-22-23-24-27-30-35-44(55-47(52)53-37-32-31-36-48(5)6)43(46(50)51)38-41(4)40-54-45(49)39-42(33-28-25-15-12-9-3)34-29-26-17-14-11-8-2/h18-19,21-22,39,41,43-44H,7-17,20,23-38,40H2,1-6H3,(H,50,51)/b19-18-,22-21-,42-39+. The van der Waals surface area contributed by atoms with Crippen LogP contribution in [0.3, 0.4) is 0 Å². The second-order valence-corrected chi connectivity index (χ2v) is 16.0. The van der Waals surface area contributed by atoms with Crippen molar-refractivity contribution in [1.82, 2.24) is 4.90 Å². The molecule has 0 fully saturated rings. The van der Waals surface area contributed by atoms with Crippen LogP contribution in [0.1, 0.15) is 195 Å². The van der Waals surface area contributed by atoms with Gasteiger partial charge in [-0.1, -0.05) is 135 Å². The van der Waals surface area contributed by atoms with E-state index in [1.54, 1.807) is 6.08 Å². The fourth-order valence-electron chi connectivity index (χ4n) is 6.69. The molecule has 0 rings (SSSR count). The Kier molecular flexibility index (Phi) is 36.5. The van der Waals surface area contributed by atoms with Crippen molar-refractivity contribution in [2.24, 2.45) is 11.8 Å². The molecule has 0 saturated carbocycles. The lowest BCUT2D eigenvalue weighted by atomic mass is 9.88. The number of carbonyl (C=O) groups is 3. The van der Waals surface area contributed by atoms with Crippen molar-refractivity contribution in [1.29, 1.82) is 0 Å². The van der Waals surface area contributed by atoms with Crippen LogP contribution in [-0.2, 0) is 23.8 Å². The first kappa shape index (κ1) is 52.4. The number of hydrogen-bond donors (Lipinski definition) is 1. The lowest BCUT2D eigenvalue weighted by molar-refractivity contribution is -0.148. The minimum absolute atomic E-state index is 0.114. The molecular weight excluding hydrogens is 691 g/mol. The van der Waals surface area contributed by atoms with Gasteiger partial charge in [-0.05, 0) is 116 Å². The highest BCUT2D eigenvalue weighted by Gasteiger charge is 2.33. The molecule has 3 atom stereocenters. The fraction of sp³-hybridized carbons (Fsp3) is 0.809. The van der Waals surface area contributed by atoms with Gasteiger partial charge in [-0.2, -0.15) is 0 Å². The molecule has 0 aromatic heterocycles. The SMILES string of the molecule is CCCCC/C=C\C/C=C\CCCCCC(OC(=O)OCCCCN(C)C)C(CC(C)COC(=O)/C=C(\CCCCCCC)CCCCCCCC)C(=O)O. The molecule has 0 aliphatic rings. The summed E-state index contributed by atoms with van der Waals surface area (Å²) >= 11 is 0.